The van der Waals surface area contributed by atoms with Gasteiger partial charge in [0.15, 0.2) is 0 Å². The largest absolute Gasteiger partial charge is 0.496 e. The quantitative estimate of drug-likeness (QED) is 0.883. The van der Waals surface area contributed by atoms with Gasteiger partial charge in [0.1, 0.15) is 11.6 Å². The molecular formula is C19H27FN2O3. The summed E-state index contributed by atoms with van der Waals surface area (Å²) in [6.07, 6.45) is 3.57. The smallest absolute Gasteiger partial charge is 0.222 e. The van der Waals surface area contributed by atoms with Crippen molar-refractivity contribution >= 4 is 5.91 Å². The lowest BCUT2D eigenvalue weighted by atomic mass is 9.72. The molecule has 0 aromatic heterocycles. The Labute approximate surface area is 148 Å². The van der Waals surface area contributed by atoms with Gasteiger partial charge in [0.2, 0.25) is 5.91 Å². The van der Waals surface area contributed by atoms with E-state index in [4.69, 9.17) is 9.84 Å². The molecule has 1 aromatic rings. The van der Waals surface area contributed by atoms with Crippen molar-refractivity contribution in [3.63, 3.8) is 0 Å². The molecular weight excluding hydrogens is 323 g/mol. The van der Waals surface area contributed by atoms with E-state index in [2.05, 4.69) is 4.90 Å². The molecule has 138 valence electrons. The second-order valence-electron chi connectivity index (χ2n) is 7.27. The Kier molecular flexibility index (Phi) is 5.59. The summed E-state index contributed by atoms with van der Waals surface area (Å²) in [5.41, 5.74) is 1.05. The summed E-state index contributed by atoms with van der Waals surface area (Å²) < 4.78 is 18.9. The Bertz CT molecular complexity index is 615. The molecule has 0 saturated carbocycles. The van der Waals surface area contributed by atoms with Gasteiger partial charge in [-0.1, -0.05) is 0 Å². The monoisotopic (exact) mass is 350 g/mol. The van der Waals surface area contributed by atoms with Gasteiger partial charge in [-0.2, -0.15) is 0 Å². The highest BCUT2D eigenvalue weighted by atomic mass is 19.1. The summed E-state index contributed by atoms with van der Waals surface area (Å²) in [6.45, 7) is 3.75. The van der Waals surface area contributed by atoms with E-state index in [0.717, 1.165) is 50.2 Å². The van der Waals surface area contributed by atoms with Crippen LogP contribution in [0.3, 0.4) is 0 Å². The molecule has 6 heteroatoms. The molecule has 2 fully saturated rings. The van der Waals surface area contributed by atoms with Crippen molar-refractivity contribution in [3.8, 4) is 5.75 Å². The number of ether oxygens (including phenoxy) is 1. The average Bonchev–Trinajstić information content (AvgIpc) is 2.61. The highest BCUT2D eigenvalue weighted by Crippen LogP contribution is 2.40. The zero-order chi connectivity index (χ0) is 17.9. The van der Waals surface area contributed by atoms with Crippen LogP contribution >= 0.6 is 0 Å². The molecule has 1 aromatic carbocycles. The number of piperidine rings is 2. The summed E-state index contributed by atoms with van der Waals surface area (Å²) in [6, 6.07) is 4.64. The Morgan fingerprint density at radius 2 is 2.04 bits per heavy atom. The number of amides is 1. The van der Waals surface area contributed by atoms with Crippen LogP contribution in [0.25, 0.3) is 0 Å². The summed E-state index contributed by atoms with van der Waals surface area (Å²) >= 11 is 0. The molecule has 0 aliphatic carbocycles. The molecule has 3 rings (SSSR count). The maximum atomic E-state index is 13.5. The molecule has 0 bridgehead atoms. The maximum Gasteiger partial charge on any atom is 0.222 e. The minimum atomic E-state index is -0.241. The topological polar surface area (TPSA) is 53.0 Å². The molecule has 2 aliphatic heterocycles. The number of aliphatic hydroxyl groups is 1. The number of carbonyl (C=O) groups is 1. The fourth-order valence-corrected chi connectivity index (χ4v) is 4.13. The van der Waals surface area contributed by atoms with Gasteiger partial charge in [-0.25, -0.2) is 4.39 Å². The van der Waals surface area contributed by atoms with Crippen molar-refractivity contribution in [2.45, 2.75) is 32.2 Å². The molecule has 2 heterocycles. The van der Waals surface area contributed by atoms with E-state index < -0.39 is 0 Å². The van der Waals surface area contributed by atoms with E-state index in [1.54, 1.807) is 19.2 Å². The number of β-amino-alcohol motifs (C(OH)–C–C–N with tert-alkyl or cyclic N) is 1. The van der Waals surface area contributed by atoms with Gasteiger partial charge in [-0.3, -0.25) is 9.69 Å². The zero-order valence-corrected chi connectivity index (χ0v) is 14.8. The third kappa shape index (κ3) is 4.12. The van der Waals surface area contributed by atoms with Crippen LogP contribution in [0.5, 0.6) is 5.75 Å². The van der Waals surface area contributed by atoms with Gasteiger partial charge >= 0.3 is 0 Å². The maximum absolute atomic E-state index is 13.5. The van der Waals surface area contributed by atoms with Crippen LogP contribution in [0, 0.1) is 11.2 Å². The summed E-state index contributed by atoms with van der Waals surface area (Å²) in [5, 5.41) is 9.16. The van der Waals surface area contributed by atoms with Crippen molar-refractivity contribution < 1.29 is 19.0 Å². The Morgan fingerprint density at radius 1 is 1.28 bits per heavy atom. The minimum absolute atomic E-state index is 0.0211. The van der Waals surface area contributed by atoms with Crippen molar-refractivity contribution in [3.05, 3.63) is 29.6 Å². The first-order valence-corrected chi connectivity index (χ1v) is 8.99. The van der Waals surface area contributed by atoms with E-state index in [0.29, 0.717) is 19.5 Å². The number of rotatable bonds is 5. The number of aliphatic hydroxyl groups excluding tert-OH is 1. The van der Waals surface area contributed by atoms with Crippen LogP contribution in [0.2, 0.25) is 0 Å². The SMILES string of the molecule is COc1ccc(F)cc1CN1CCC2(CCC(=O)N(CCO)C2)CC1. The third-order valence-corrected chi connectivity index (χ3v) is 5.67. The number of halogens is 1. The van der Waals surface area contributed by atoms with Crippen LogP contribution in [0.4, 0.5) is 4.39 Å². The molecule has 2 saturated heterocycles. The Morgan fingerprint density at radius 3 is 2.72 bits per heavy atom. The molecule has 25 heavy (non-hydrogen) atoms. The number of carbonyl (C=O) groups excluding carboxylic acids is 1. The van der Waals surface area contributed by atoms with Crippen LogP contribution < -0.4 is 4.74 Å². The third-order valence-electron chi connectivity index (χ3n) is 5.67. The number of hydrogen-bond acceptors (Lipinski definition) is 4. The summed E-state index contributed by atoms with van der Waals surface area (Å²) in [7, 11) is 1.61. The molecule has 1 spiro atoms. The van der Waals surface area contributed by atoms with Crippen LogP contribution in [-0.4, -0.2) is 60.7 Å². The molecule has 0 unspecified atom stereocenters. The normalized spacial score (nSPS) is 20.9. The van der Waals surface area contributed by atoms with Gasteiger partial charge in [-0.15, -0.1) is 0 Å². The summed E-state index contributed by atoms with van der Waals surface area (Å²) in [5.74, 6) is 0.639. The first kappa shape index (κ1) is 18.1. The van der Waals surface area contributed by atoms with E-state index >= 15 is 0 Å². The van der Waals surface area contributed by atoms with Gasteiger partial charge in [0, 0.05) is 31.6 Å². The number of hydrogen-bond donors (Lipinski definition) is 1. The average molecular weight is 350 g/mol. The van der Waals surface area contributed by atoms with E-state index in [-0.39, 0.29) is 23.7 Å². The lowest BCUT2D eigenvalue weighted by Gasteiger charge is -2.47. The van der Waals surface area contributed by atoms with Crippen molar-refractivity contribution in [1.82, 2.24) is 9.80 Å². The minimum Gasteiger partial charge on any atom is -0.496 e. The van der Waals surface area contributed by atoms with Gasteiger partial charge < -0.3 is 14.7 Å². The fraction of sp³-hybridized carbons (Fsp3) is 0.632. The lowest BCUT2D eigenvalue weighted by Crippen LogP contribution is -2.51. The molecule has 2 aliphatic rings. The highest BCUT2D eigenvalue weighted by molar-refractivity contribution is 5.77. The predicted octanol–water partition coefficient (Wildman–Crippen LogP) is 2.03. The second-order valence-corrected chi connectivity index (χ2v) is 7.27. The van der Waals surface area contributed by atoms with E-state index in [9.17, 15) is 9.18 Å². The molecule has 1 amide bonds. The van der Waals surface area contributed by atoms with Crippen molar-refractivity contribution in [2.75, 3.05) is 39.9 Å². The van der Waals surface area contributed by atoms with Crippen LogP contribution in [0.1, 0.15) is 31.2 Å². The number of methoxy groups -OCH3 is 1. The van der Waals surface area contributed by atoms with Gasteiger partial charge in [0.05, 0.1) is 13.7 Å². The zero-order valence-electron chi connectivity index (χ0n) is 14.8. The number of likely N-dealkylation sites (tertiary alicyclic amines) is 2. The fourth-order valence-electron chi connectivity index (χ4n) is 4.13. The highest BCUT2D eigenvalue weighted by Gasteiger charge is 2.40. The lowest BCUT2D eigenvalue weighted by molar-refractivity contribution is -0.139. The second kappa shape index (κ2) is 7.70. The molecule has 0 atom stereocenters. The van der Waals surface area contributed by atoms with Crippen LogP contribution in [-0.2, 0) is 11.3 Å². The number of nitrogens with zero attached hydrogens (tertiary/aromatic N) is 2. The number of benzene rings is 1. The van der Waals surface area contributed by atoms with Crippen LogP contribution in [0.15, 0.2) is 18.2 Å². The first-order chi connectivity index (χ1) is 12.0. The van der Waals surface area contributed by atoms with Crippen molar-refractivity contribution in [2.24, 2.45) is 5.41 Å². The Balaban J connectivity index is 1.60. The predicted molar refractivity (Wildman–Crippen MR) is 92.8 cm³/mol. The standard InChI is InChI=1S/C19H27FN2O3/c1-25-17-3-2-16(20)12-15(17)13-21-8-6-19(7-9-21)5-4-18(24)22(14-19)10-11-23/h2-3,12,23H,4-11,13-14H2,1H3. The van der Waals surface area contributed by atoms with Gasteiger partial charge in [-0.05, 0) is 56.0 Å². The molecule has 0 radical (unpaired) electrons. The van der Waals surface area contributed by atoms with E-state index in [1.807, 2.05) is 4.90 Å². The van der Waals surface area contributed by atoms with E-state index in [1.165, 1.54) is 6.07 Å². The van der Waals surface area contributed by atoms with Crippen molar-refractivity contribution in [1.29, 1.82) is 0 Å². The summed E-state index contributed by atoms with van der Waals surface area (Å²) in [4.78, 5) is 16.1. The van der Waals surface area contributed by atoms with Gasteiger partial charge in [0.25, 0.3) is 0 Å². The first-order valence-electron chi connectivity index (χ1n) is 8.99. The molecule has 1 N–H and O–H groups in total. The molecule has 5 nitrogen and oxygen atoms in total. The Hall–Kier alpha value is -1.66.